The molecule has 0 spiro atoms. The first-order chi connectivity index (χ1) is 10.8. The maximum absolute atomic E-state index is 6.36. The van der Waals surface area contributed by atoms with Crippen LogP contribution >= 0.6 is 0 Å². The number of rotatable bonds is 10. The van der Waals surface area contributed by atoms with Gasteiger partial charge in [-0.25, -0.2) is 0 Å². The molecule has 1 rings (SSSR count). The quantitative estimate of drug-likeness (QED) is 0.446. The van der Waals surface area contributed by atoms with Crippen molar-refractivity contribution in [2.45, 2.75) is 70.6 Å². The van der Waals surface area contributed by atoms with Crippen molar-refractivity contribution >= 4 is 8.32 Å². The van der Waals surface area contributed by atoms with Gasteiger partial charge < -0.3 is 23.4 Å². The second kappa shape index (κ2) is 10.1. The van der Waals surface area contributed by atoms with Crippen molar-refractivity contribution in [2.24, 2.45) is 0 Å². The fourth-order valence-corrected chi connectivity index (χ4v) is 3.51. The van der Waals surface area contributed by atoms with Crippen molar-refractivity contribution in [1.82, 2.24) is 0 Å². The van der Waals surface area contributed by atoms with E-state index in [9.17, 15) is 0 Å². The van der Waals surface area contributed by atoms with Gasteiger partial charge in [0.05, 0.1) is 32.5 Å². The van der Waals surface area contributed by atoms with E-state index in [4.69, 9.17) is 23.4 Å². The van der Waals surface area contributed by atoms with E-state index in [-0.39, 0.29) is 17.4 Å². The first kappa shape index (κ1) is 21.1. The van der Waals surface area contributed by atoms with Crippen LogP contribution in [0.15, 0.2) is 0 Å². The second-order valence-corrected chi connectivity index (χ2v) is 12.5. The summed E-state index contributed by atoms with van der Waals surface area (Å²) >= 11 is 0. The highest BCUT2D eigenvalue weighted by atomic mass is 28.4. The van der Waals surface area contributed by atoms with E-state index in [1.54, 1.807) is 7.11 Å². The smallest absolute Gasteiger partial charge is 0.192 e. The van der Waals surface area contributed by atoms with Crippen molar-refractivity contribution in [2.75, 3.05) is 40.1 Å². The molecule has 0 aliphatic carbocycles. The van der Waals surface area contributed by atoms with Gasteiger partial charge in [-0.1, -0.05) is 20.8 Å². The van der Waals surface area contributed by atoms with Crippen LogP contribution in [0.4, 0.5) is 0 Å². The van der Waals surface area contributed by atoms with Gasteiger partial charge in [-0.2, -0.15) is 0 Å². The first-order valence-electron chi connectivity index (χ1n) is 8.74. The molecule has 0 saturated carbocycles. The van der Waals surface area contributed by atoms with Crippen LogP contribution in [0, 0.1) is 0 Å². The molecular formula is C17H36O5Si. The van der Waals surface area contributed by atoms with Gasteiger partial charge in [0.2, 0.25) is 0 Å². The molecule has 5 nitrogen and oxygen atoms in total. The summed E-state index contributed by atoms with van der Waals surface area (Å²) in [6, 6.07) is 0. The molecule has 138 valence electrons. The Hall–Kier alpha value is 0.0169. The van der Waals surface area contributed by atoms with Crippen LogP contribution in [0.25, 0.3) is 0 Å². The molecule has 1 aliphatic heterocycles. The monoisotopic (exact) mass is 348 g/mol. The highest BCUT2D eigenvalue weighted by molar-refractivity contribution is 6.74. The maximum atomic E-state index is 6.36. The summed E-state index contributed by atoms with van der Waals surface area (Å²) in [6.07, 6.45) is 3.24. The second-order valence-electron chi connectivity index (χ2n) is 7.70. The van der Waals surface area contributed by atoms with Crippen LogP contribution in [0.1, 0.15) is 40.0 Å². The summed E-state index contributed by atoms with van der Waals surface area (Å²) in [6.45, 7) is 14.2. The van der Waals surface area contributed by atoms with E-state index in [1.165, 1.54) is 6.42 Å². The maximum Gasteiger partial charge on any atom is 0.192 e. The van der Waals surface area contributed by atoms with E-state index in [0.29, 0.717) is 26.4 Å². The van der Waals surface area contributed by atoms with Crippen LogP contribution in [-0.2, 0) is 23.4 Å². The largest absolute Gasteiger partial charge is 0.409 e. The topological polar surface area (TPSA) is 46.2 Å². The van der Waals surface area contributed by atoms with Crippen molar-refractivity contribution in [3.63, 3.8) is 0 Å². The minimum atomic E-state index is -1.81. The lowest BCUT2D eigenvalue weighted by molar-refractivity contribution is -0.170. The van der Waals surface area contributed by atoms with Gasteiger partial charge in [0.15, 0.2) is 14.6 Å². The Kier molecular flexibility index (Phi) is 9.26. The van der Waals surface area contributed by atoms with Crippen LogP contribution in [0.5, 0.6) is 0 Å². The van der Waals surface area contributed by atoms with E-state index in [2.05, 4.69) is 33.9 Å². The van der Waals surface area contributed by atoms with E-state index >= 15 is 0 Å². The van der Waals surface area contributed by atoms with Gasteiger partial charge in [-0.3, -0.25) is 0 Å². The number of ether oxygens (including phenoxy) is 4. The van der Waals surface area contributed by atoms with Gasteiger partial charge in [0.25, 0.3) is 0 Å². The Morgan fingerprint density at radius 2 is 1.87 bits per heavy atom. The van der Waals surface area contributed by atoms with Gasteiger partial charge >= 0.3 is 0 Å². The van der Waals surface area contributed by atoms with Gasteiger partial charge in [0, 0.05) is 13.7 Å². The Bertz CT molecular complexity index is 311. The molecule has 23 heavy (non-hydrogen) atoms. The molecule has 2 atom stereocenters. The zero-order valence-corrected chi connectivity index (χ0v) is 16.9. The minimum absolute atomic E-state index is 0.0215. The molecule has 0 aromatic heterocycles. The van der Waals surface area contributed by atoms with Gasteiger partial charge in [-0.15, -0.1) is 0 Å². The van der Waals surface area contributed by atoms with Crippen molar-refractivity contribution in [3.05, 3.63) is 0 Å². The molecule has 1 heterocycles. The van der Waals surface area contributed by atoms with E-state index in [0.717, 1.165) is 19.4 Å². The van der Waals surface area contributed by atoms with Crippen LogP contribution in [0.3, 0.4) is 0 Å². The fourth-order valence-electron chi connectivity index (χ4n) is 2.19. The lowest BCUT2D eigenvalue weighted by Crippen LogP contribution is -2.46. The van der Waals surface area contributed by atoms with E-state index < -0.39 is 8.32 Å². The van der Waals surface area contributed by atoms with Crippen LogP contribution in [0.2, 0.25) is 18.1 Å². The lowest BCUT2D eigenvalue weighted by Gasteiger charge is -2.39. The summed E-state index contributed by atoms with van der Waals surface area (Å²) in [7, 11) is -0.112. The zero-order chi connectivity index (χ0) is 17.3. The van der Waals surface area contributed by atoms with Crippen molar-refractivity contribution in [3.8, 4) is 0 Å². The highest BCUT2D eigenvalue weighted by Crippen LogP contribution is 2.37. The summed E-state index contributed by atoms with van der Waals surface area (Å²) < 4.78 is 28.6. The van der Waals surface area contributed by atoms with Crippen molar-refractivity contribution in [1.29, 1.82) is 0 Å². The third kappa shape index (κ3) is 8.09. The Labute approximate surface area is 143 Å². The summed E-state index contributed by atoms with van der Waals surface area (Å²) in [4.78, 5) is 0. The number of hydrogen-bond donors (Lipinski definition) is 0. The Balaban J connectivity index is 2.24. The molecular weight excluding hydrogens is 312 g/mol. The predicted molar refractivity (Wildman–Crippen MR) is 94.3 cm³/mol. The molecule has 1 aliphatic rings. The molecule has 0 N–H and O–H groups in total. The molecule has 0 aromatic rings. The fraction of sp³-hybridized carbons (Fsp3) is 1.00. The van der Waals surface area contributed by atoms with E-state index in [1.807, 2.05) is 0 Å². The minimum Gasteiger partial charge on any atom is -0.409 e. The molecule has 1 saturated heterocycles. The summed E-state index contributed by atoms with van der Waals surface area (Å²) in [5.74, 6) is 0. The molecule has 0 bridgehead atoms. The van der Waals surface area contributed by atoms with Gasteiger partial charge in [0.1, 0.15) is 0 Å². The first-order valence-corrected chi connectivity index (χ1v) is 11.6. The van der Waals surface area contributed by atoms with Gasteiger partial charge in [-0.05, 0) is 37.4 Å². The summed E-state index contributed by atoms with van der Waals surface area (Å²) in [5, 5.41) is 0.181. The molecule has 0 radical (unpaired) electrons. The zero-order valence-electron chi connectivity index (χ0n) is 15.9. The molecule has 1 unspecified atom stereocenters. The Morgan fingerprint density at radius 1 is 1.13 bits per heavy atom. The predicted octanol–water partition coefficient (Wildman–Crippen LogP) is 3.58. The third-order valence-corrected chi connectivity index (χ3v) is 9.13. The molecule has 0 aromatic carbocycles. The number of hydrogen-bond acceptors (Lipinski definition) is 5. The van der Waals surface area contributed by atoms with Crippen LogP contribution in [-0.4, -0.2) is 60.9 Å². The highest BCUT2D eigenvalue weighted by Gasteiger charge is 2.39. The lowest BCUT2D eigenvalue weighted by atomic mass is 10.2. The summed E-state index contributed by atoms with van der Waals surface area (Å²) in [5.41, 5.74) is 0. The normalized spacial score (nSPS) is 21.4. The molecule has 0 amide bonds. The average Bonchev–Trinajstić information content (AvgIpc) is 2.46. The SMILES string of the molecule is COC[C@H](COCCOC1CCCCO1)O[Si](C)(C)C(C)(C)C. The molecule has 1 fully saturated rings. The Morgan fingerprint density at radius 3 is 2.43 bits per heavy atom. The third-order valence-electron chi connectivity index (χ3n) is 4.59. The molecule has 6 heteroatoms. The van der Waals surface area contributed by atoms with Crippen molar-refractivity contribution < 1.29 is 23.4 Å². The average molecular weight is 349 g/mol. The number of methoxy groups -OCH3 is 1. The van der Waals surface area contributed by atoms with Crippen LogP contribution < -0.4 is 0 Å². The standard InChI is InChI=1S/C17H36O5Si/c1-17(2,3)23(5,6)22-15(13-18-4)14-19-11-12-21-16-9-7-8-10-20-16/h15-16H,7-14H2,1-6H3/t15-,16?/m1/s1.